The first-order valence-corrected chi connectivity index (χ1v) is 10.6. The molecule has 1 heterocycles. The lowest BCUT2D eigenvalue weighted by Crippen LogP contribution is -2.74. The Morgan fingerprint density at radius 2 is 2.07 bits per heavy atom. The van der Waals surface area contributed by atoms with Crippen molar-refractivity contribution in [2.75, 3.05) is 27.3 Å². The molecule has 2 bridgehead atoms. The van der Waals surface area contributed by atoms with Crippen molar-refractivity contribution >= 4 is 5.78 Å². The van der Waals surface area contributed by atoms with Crippen molar-refractivity contribution < 1.29 is 14.3 Å². The van der Waals surface area contributed by atoms with Crippen molar-refractivity contribution in [2.45, 2.75) is 68.4 Å². The van der Waals surface area contributed by atoms with Gasteiger partial charge in [-0.2, -0.15) is 0 Å². The maximum absolute atomic E-state index is 12.6. The molecule has 3 atom stereocenters. The van der Waals surface area contributed by atoms with E-state index in [-0.39, 0.29) is 11.0 Å². The van der Waals surface area contributed by atoms with Gasteiger partial charge < -0.3 is 9.47 Å². The SMILES string of the molecule is COc1ccc2c(c1)[C@]13CCN(CC4CCC4)[C@H](C2)C1(OC)CCC(=O)C3. The minimum Gasteiger partial charge on any atom is -0.497 e. The molecule has 1 unspecified atom stereocenters. The zero-order valence-electron chi connectivity index (χ0n) is 16.6. The number of Topliss-reactive ketones (excluding diaryl/α,β-unsaturated/α-hetero) is 1. The number of fused-ring (bicyclic) bond motifs is 1. The zero-order valence-corrected chi connectivity index (χ0v) is 16.6. The van der Waals surface area contributed by atoms with Gasteiger partial charge in [0.15, 0.2) is 0 Å². The Kier molecular flexibility index (Phi) is 4.14. The van der Waals surface area contributed by atoms with E-state index in [0.717, 1.165) is 37.5 Å². The topological polar surface area (TPSA) is 38.8 Å². The average molecular weight is 370 g/mol. The van der Waals surface area contributed by atoms with E-state index < -0.39 is 0 Å². The summed E-state index contributed by atoms with van der Waals surface area (Å²) in [4.78, 5) is 15.4. The van der Waals surface area contributed by atoms with Crippen LogP contribution in [-0.4, -0.2) is 49.6 Å². The molecule has 3 aliphatic carbocycles. The van der Waals surface area contributed by atoms with Gasteiger partial charge in [-0.3, -0.25) is 9.69 Å². The molecule has 0 aromatic heterocycles. The Morgan fingerprint density at radius 1 is 1.22 bits per heavy atom. The number of carbonyl (C=O) groups is 1. The standard InChI is InChI=1S/C23H31NO3/c1-26-19-7-6-17-12-21-23(27-2)9-8-18(25)14-22(23,20(17)13-19)10-11-24(21)15-16-4-3-5-16/h6-7,13,16,21H,3-5,8-12,14-15H2,1-2H3/t21-,22-,23?/m1/s1. The van der Waals surface area contributed by atoms with Crippen LogP contribution in [0.3, 0.4) is 0 Å². The highest BCUT2D eigenvalue weighted by molar-refractivity contribution is 5.82. The van der Waals surface area contributed by atoms with Gasteiger partial charge in [0.1, 0.15) is 11.5 Å². The molecule has 4 nitrogen and oxygen atoms in total. The number of methoxy groups -OCH3 is 2. The molecular weight excluding hydrogens is 338 g/mol. The summed E-state index contributed by atoms with van der Waals surface area (Å²) in [6.45, 7) is 2.28. The molecule has 4 heteroatoms. The number of carbonyl (C=O) groups excluding carboxylic acids is 1. The first-order valence-electron chi connectivity index (χ1n) is 10.6. The van der Waals surface area contributed by atoms with Crippen molar-refractivity contribution in [3.63, 3.8) is 0 Å². The van der Waals surface area contributed by atoms with Crippen molar-refractivity contribution in [3.05, 3.63) is 29.3 Å². The summed E-state index contributed by atoms with van der Waals surface area (Å²) in [5.41, 5.74) is 2.26. The van der Waals surface area contributed by atoms with E-state index in [4.69, 9.17) is 9.47 Å². The maximum atomic E-state index is 12.6. The number of rotatable bonds is 4. The molecule has 27 heavy (non-hydrogen) atoms. The highest BCUT2D eigenvalue weighted by atomic mass is 16.5. The second-order valence-electron chi connectivity index (χ2n) is 9.18. The van der Waals surface area contributed by atoms with Crippen LogP contribution in [0.5, 0.6) is 5.75 Å². The van der Waals surface area contributed by atoms with E-state index in [9.17, 15) is 4.79 Å². The van der Waals surface area contributed by atoms with Crippen LogP contribution in [0.25, 0.3) is 0 Å². The van der Waals surface area contributed by atoms with E-state index in [2.05, 4.69) is 23.1 Å². The molecule has 5 rings (SSSR count). The van der Waals surface area contributed by atoms with Gasteiger partial charge in [-0.25, -0.2) is 0 Å². The summed E-state index contributed by atoms with van der Waals surface area (Å²) in [5.74, 6) is 2.14. The second kappa shape index (κ2) is 6.31. The summed E-state index contributed by atoms with van der Waals surface area (Å²) in [5, 5.41) is 0. The largest absolute Gasteiger partial charge is 0.497 e. The van der Waals surface area contributed by atoms with Crippen molar-refractivity contribution in [1.29, 1.82) is 0 Å². The molecule has 0 spiro atoms. The molecule has 1 aliphatic heterocycles. The van der Waals surface area contributed by atoms with Crippen LogP contribution < -0.4 is 4.74 Å². The number of hydrogen-bond acceptors (Lipinski definition) is 4. The Labute approximate surface area is 162 Å². The number of ether oxygens (including phenoxy) is 2. The molecule has 4 aliphatic rings. The number of likely N-dealkylation sites (tertiary alicyclic amines) is 1. The predicted octanol–water partition coefficient (Wildman–Crippen LogP) is 3.50. The van der Waals surface area contributed by atoms with Gasteiger partial charge in [-0.1, -0.05) is 12.5 Å². The van der Waals surface area contributed by atoms with Crippen LogP contribution in [-0.2, 0) is 21.4 Å². The summed E-state index contributed by atoms with van der Waals surface area (Å²) in [7, 11) is 3.61. The minimum absolute atomic E-state index is 0.194. The molecular formula is C23H31NO3. The molecule has 1 aromatic carbocycles. The Balaban J connectivity index is 1.63. The first-order chi connectivity index (χ1) is 13.1. The lowest BCUT2D eigenvalue weighted by atomic mass is 9.49. The molecule has 2 saturated carbocycles. The Bertz CT molecular complexity index is 758. The van der Waals surface area contributed by atoms with Crippen LogP contribution in [0.2, 0.25) is 0 Å². The van der Waals surface area contributed by atoms with Crippen LogP contribution in [0.1, 0.15) is 56.1 Å². The monoisotopic (exact) mass is 369 g/mol. The molecule has 1 aromatic rings. The number of piperidine rings is 1. The molecule has 3 fully saturated rings. The molecule has 0 amide bonds. The summed E-state index contributed by atoms with van der Waals surface area (Å²) >= 11 is 0. The summed E-state index contributed by atoms with van der Waals surface area (Å²) in [6, 6.07) is 6.88. The smallest absolute Gasteiger partial charge is 0.134 e. The number of nitrogens with zero attached hydrogens (tertiary/aromatic N) is 1. The Hall–Kier alpha value is -1.39. The molecule has 1 saturated heterocycles. The second-order valence-corrected chi connectivity index (χ2v) is 9.18. The minimum atomic E-state index is -0.248. The van der Waals surface area contributed by atoms with Crippen molar-refractivity contribution in [2.24, 2.45) is 5.92 Å². The first kappa shape index (κ1) is 17.7. The third kappa shape index (κ3) is 2.39. The third-order valence-corrected chi connectivity index (χ3v) is 8.22. The van der Waals surface area contributed by atoms with E-state index in [1.165, 1.54) is 36.9 Å². The molecule has 0 N–H and O–H groups in total. The van der Waals surface area contributed by atoms with Gasteiger partial charge in [0.2, 0.25) is 0 Å². The van der Waals surface area contributed by atoms with Crippen molar-refractivity contribution in [1.82, 2.24) is 4.90 Å². The molecule has 146 valence electrons. The van der Waals surface area contributed by atoms with Gasteiger partial charge in [-0.15, -0.1) is 0 Å². The number of ketones is 1. The lowest BCUT2D eigenvalue weighted by molar-refractivity contribution is -0.189. The third-order valence-electron chi connectivity index (χ3n) is 8.22. The van der Waals surface area contributed by atoms with E-state index >= 15 is 0 Å². The van der Waals surface area contributed by atoms with E-state index in [1.54, 1.807) is 7.11 Å². The van der Waals surface area contributed by atoms with Crippen LogP contribution >= 0.6 is 0 Å². The van der Waals surface area contributed by atoms with Gasteiger partial charge in [0.25, 0.3) is 0 Å². The Morgan fingerprint density at radius 3 is 2.78 bits per heavy atom. The van der Waals surface area contributed by atoms with Crippen molar-refractivity contribution in [3.8, 4) is 5.75 Å². The van der Waals surface area contributed by atoms with E-state index in [0.29, 0.717) is 24.7 Å². The van der Waals surface area contributed by atoms with Gasteiger partial charge >= 0.3 is 0 Å². The van der Waals surface area contributed by atoms with E-state index in [1.807, 2.05) is 7.11 Å². The number of benzene rings is 1. The highest BCUT2D eigenvalue weighted by Crippen LogP contribution is 2.59. The quantitative estimate of drug-likeness (QED) is 0.814. The highest BCUT2D eigenvalue weighted by Gasteiger charge is 2.65. The fourth-order valence-electron chi connectivity index (χ4n) is 6.63. The lowest BCUT2D eigenvalue weighted by Gasteiger charge is -2.65. The number of hydrogen-bond donors (Lipinski definition) is 0. The molecule has 0 radical (unpaired) electrons. The van der Waals surface area contributed by atoms with Crippen LogP contribution in [0, 0.1) is 5.92 Å². The zero-order chi connectivity index (χ0) is 18.6. The summed E-state index contributed by atoms with van der Waals surface area (Å²) in [6.07, 6.45) is 8.30. The summed E-state index contributed by atoms with van der Waals surface area (Å²) < 4.78 is 12.0. The van der Waals surface area contributed by atoms with Gasteiger partial charge in [0.05, 0.1) is 12.7 Å². The fraction of sp³-hybridized carbons (Fsp3) is 0.696. The van der Waals surface area contributed by atoms with Gasteiger partial charge in [0, 0.05) is 38.0 Å². The normalized spacial score (nSPS) is 35.9. The van der Waals surface area contributed by atoms with Crippen LogP contribution in [0.15, 0.2) is 18.2 Å². The maximum Gasteiger partial charge on any atom is 0.134 e. The van der Waals surface area contributed by atoms with Gasteiger partial charge in [-0.05, 0) is 67.8 Å². The average Bonchev–Trinajstić information content (AvgIpc) is 2.65. The van der Waals surface area contributed by atoms with Crippen LogP contribution in [0.4, 0.5) is 0 Å². The predicted molar refractivity (Wildman–Crippen MR) is 104 cm³/mol. The fourth-order valence-corrected chi connectivity index (χ4v) is 6.63.